The van der Waals surface area contributed by atoms with Crippen molar-refractivity contribution < 1.29 is 4.74 Å². The molecule has 0 saturated heterocycles. The van der Waals surface area contributed by atoms with Crippen LogP contribution in [0.3, 0.4) is 0 Å². The number of fused-ring (bicyclic) bond motifs is 1. The van der Waals surface area contributed by atoms with Crippen LogP contribution in [0.15, 0.2) is 36.5 Å². The maximum atomic E-state index is 5.79. The highest BCUT2D eigenvalue weighted by molar-refractivity contribution is 14.1. The van der Waals surface area contributed by atoms with Crippen molar-refractivity contribution in [3.63, 3.8) is 0 Å². The molecule has 0 saturated carbocycles. The van der Waals surface area contributed by atoms with Gasteiger partial charge in [0, 0.05) is 15.2 Å². The van der Waals surface area contributed by atoms with Gasteiger partial charge in [-0.2, -0.15) is 0 Å². The number of halogens is 2. The molecule has 0 radical (unpaired) electrons. The second kappa shape index (κ2) is 5.51. The van der Waals surface area contributed by atoms with Crippen LogP contribution in [0.5, 0.6) is 5.75 Å². The van der Waals surface area contributed by atoms with Gasteiger partial charge >= 0.3 is 0 Å². The first-order valence-corrected chi connectivity index (χ1v) is 7.25. The first-order valence-electron chi connectivity index (χ1n) is 5.09. The minimum atomic E-state index is 0.530. The molecule has 0 aliphatic heterocycles. The molecule has 0 N–H and O–H groups in total. The SMILES string of the molecule is C=C(C)COc1c(I)cc(I)c2cccnc12. The summed E-state index contributed by atoms with van der Waals surface area (Å²) in [5.74, 6) is 0.851. The Bertz CT molecular complexity index is 581. The Kier molecular flexibility index (Phi) is 4.24. The molecule has 0 fully saturated rings. The summed E-state index contributed by atoms with van der Waals surface area (Å²) in [6.07, 6.45) is 1.79. The molecule has 2 nitrogen and oxygen atoms in total. The van der Waals surface area contributed by atoms with E-state index in [1.54, 1.807) is 6.20 Å². The van der Waals surface area contributed by atoms with E-state index in [4.69, 9.17) is 4.74 Å². The standard InChI is InChI=1S/C13H11I2NO/c1-8(2)7-17-13-11(15)6-10(14)9-4-3-5-16-12(9)13/h3-6H,1,7H2,2H3. The van der Waals surface area contributed by atoms with E-state index >= 15 is 0 Å². The zero-order chi connectivity index (χ0) is 12.4. The molecular formula is C13H11I2NO. The molecule has 0 amide bonds. The normalized spacial score (nSPS) is 10.5. The van der Waals surface area contributed by atoms with Crippen LogP contribution in [0, 0.1) is 7.14 Å². The van der Waals surface area contributed by atoms with Gasteiger partial charge in [-0.1, -0.05) is 12.6 Å². The van der Waals surface area contributed by atoms with E-state index in [0.29, 0.717) is 6.61 Å². The molecule has 0 atom stereocenters. The van der Waals surface area contributed by atoms with E-state index in [1.165, 1.54) is 3.57 Å². The lowest BCUT2D eigenvalue weighted by Crippen LogP contribution is -2.01. The van der Waals surface area contributed by atoms with Crippen molar-refractivity contribution in [1.82, 2.24) is 4.98 Å². The van der Waals surface area contributed by atoms with E-state index in [-0.39, 0.29) is 0 Å². The minimum Gasteiger partial charge on any atom is -0.486 e. The van der Waals surface area contributed by atoms with Gasteiger partial charge in [-0.05, 0) is 69.8 Å². The van der Waals surface area contributed by atoms with E-state index in [0.717, 1.165) is 25.8 Å². The van der Waals surface area contributed by atoms with Gasteiger partial charge in [-0.25, -0.2) is 0 Å². The number of aromatic nitrogens is 1. The number of pyridine rings is 1. The summed E-state index contributed by atoms with van der Waals surface area (Å²) < 4.78 is 8.07. The highest BCUT2D eigenvalue weighted by atomic mass is 127. The van der Waals surface area contributed by atoms with Gasteiger partial charge in [-0.3, -0.25) is 4.98 Å². The monoisotopic (exact) mass is 451 g/mol. The van der Waals surface area contributed by atoms with Crippen molar-refractivity contribution in [2.45, 2.75) is 6.92 Å². The molecule has 0 bridgehead atoms. The summed E-state index contributed by atoms with van der Waals surface area (Å²) in [7, 11) is 0. The Morgan fingerprint density at radius 2 is 2.18 bits per heavy atom. The minimum absolute atomic E-state index is 0.530. The van der Waals surface area contributed by atoms with Gasteiger partial charge in [0.2, 0.25) is 0 Å². The first-order chi connectivity index (χ1) is 8.09. The third-order valence-electron chi connectivity index (χ3n) is 2.21. The number of hydrogen-bond donors (Lipinski definition) is 0. The topological polar surface area (TPSA) is 22.1 Å². The largest absolute Gasteiger partial charge is 0.486 e. The van der Waals surface area contributed by atoms with Gasteiger partial charge < -0.3 is 4.74 Å². The van der Waals surface area contributed by atoms with E-state index in [9.17, 15) is 0 Å². The summed E-state index contributed by atoms with van der Waals surface area (Å²) in [6.45, 7) is 6.33. The average molecular weight is 451 g/mol. The molecule has 17 heavy (non-hydrogen) atoms. The highest BCUT2D eigenvalue weighted by Crippen LogP contribution is 2.33. The predicted octanol–water partition coefficient (Wildman–Crippen LogP) is 4.40. The molecule has 4 heteroatoms. The molecule has 0 aliphatic rings. The molecule has 1 aromatic carbocycles. The van der Waals surface area contributed by atoms with Gasteiger partial charge in [0.05, 0.1) is 3.57 Å². The van der Waals surface area contributed by atoms with Gasteiger partial charge in [0.1, 0.15) is 12.1 Å². The maximum absolute atomic E-state index is 5.79. The second-order valence-corrected chi connectivity index (χ2v) is 6.14. The van der Waals surface area contributed by atoms with Crippen LogP contribution in [-0.2, 0) is 0 Å². The summed E-state index contributed by atoms with van der Waals surface area (Å²) in [6, 6.07) is 6.12. The molecule has 0 unspecified atom stereocenters. The summed E-state index contributed by atoms with van der Waals surface area (Å²) in [4.78, 5) is 4.42. The third kappa shape index (κ3) is 2.90. The number of ether oxygens (including phenoxy) is 1. The van der Waals surface area contributed by atoms with Crippen molar-refractivity contribution in [3.8, 4) is 5.75 Å². The number of nitrogens with zero attached hydrogens (tertiary/aromatic N) is 1. The molecule has 0 aliphatic carbocycles. The average Bonchev–Trinajstić information content (AvgIpc) is 2.28. The zero-order valence-corrected chi connectivity index (χ0v) is 13.7. The number of hydrogen-bond acceptors (Lipinski definition) is 2. The maximum Gasteiger partial charge on any atom is 0.159 e. The highest BCUT2D eigenvalue weighted by Gasteiger charge is 2.11. The van der Waals surface area contributed by atoms with Crippen molar-refractivity contribution in [2.24, 2.45) is 0 Å². The van der Waals surface area contributed by atoms with Gasteiger partial charge in [0.25, 0.3) is 0 Å². The number of benzene rings is 1. The molecule has 1 heterocycles. The summed E-state index contributed by atoms with van der Waals surface area (Å²) >= 11 is 4.61. The van der Waals surface area contributed by atoms with Crippen LogP contribution in [0.1, 0.15) is 6.92 Å². The summed E-state index contributed by atoms with van der Waals surface area (Å²) in [5.41, 5.74) is 1.92. The molecule has 1 aromatic heterocycles. The molecule has 2 aromatic rings. The van der Waals surface area contributed by atoms with Crippen molar-refractivity contribution in [1.29, 1.82) is 0 Å². The Hall–Kier alpha value is -0.370. The fraction of sp³-hybridized carbons (Fsp3) is 0.154. The number of rotatable bonds is 3. The quantitative estimate of drug-likeness (QED) is 0.510. The molecule has 88 valence electrons. The fourth-order valence-corrected chi connectivity index (χ4v) is 3.54. The van der Waals surface area contributed by atoms with Crippen LogP contribution in [0.25, 0.3) is 10.9 Å². The first kappa shape index (κ1) is 13.1. The predicted molar refractivity (Wildman–Crippen MR) is 87.5 cm³/mol. The Morgan fingerprint density at radius 3 is 2.88 bits per heavy atom. The van der Waals surface area contributed by atoms with Crippen molar-refractivity contribution in [2.75, 3.05) is 6.61 Å². The smallest absolute Gasteiger partial charge is 0.159 e. The third-order valence-corrected chi connectivity index (χ3v) is 3.91. The molecule has 2 rings (SSSR count). The lowest BCUT2D eigenvalue weighted by Gasteiger charge is -2.11. The zero-order valence-electron chi connectivity index (χ0n) is 9.34. The van der Waals surface area contributed by atoms with Crippen LogP contribution in [0.2, 0.25) is 0 Å². The van der Waals surface area contributed by atoms with Gasteiger partial charge in [-0.15, -0.1) is 0 Å². The Labute approximate surface area is 128 Å². The van der Waals surface area contributed by atoms with Crippen LogP contribution in [-0.4, -0.2) is 11.6 Å². The Morgan fingerprint density at radius 1 is 1.41 bits per heavy atom. The summed E-state index contributed by atoms with van der Waals surface area (Å²) in [5, 5.41) is 1.13. The van der Waals surface area contributed by atoms with E-state index < -0.39 is 0 Å². The van der Waals surface area contributed by atoms with Gasteiger partial charge in [0.15, 0.2) is 5.75 Å². The van der Waals surface area contributed by atoms with E-state index in [2.05, 4.69) is 68.9 Å². The van der Waals surface area contributed by atoms with Crippen LogP contribution in [0.4, 0.5) is 0 Å². The fourth-order valence-electron chi connectivity index (χ4n) is 1.48. The molecule has 0 spiro atoms. The lowest BCUT2D eigenvalue weighted by atomic mass is 10.2. The lowest BCUT2D eigenvalue weighted by molar-refractivity contribution is 0.354. The van der Waals surface area contributed by atoms with Crippen LogP contribution >= 0.6 is 45.2 Å². The van der Waals surface area contributed by atoms with Crippen molar-refractivity contribution >= 4 is 56.1 Å². The Balaban J connectivity index is 2.57. The van der Waals surface area contributed by atoms with Crippen molar-refractivity contribution in [3.05, 3.63) is 43.7 Å². The molecular weight excluding hydrogens is 440 g/mol. The van der Waals surface area contributed by atoms with E-state index in [1.807, 2.05) is 13.0 Å². The van der Waals surface area contributed by atoms with Crippen LogP contribution < -0.4 is 4.74 Å². The second-order valence-electron chi connectivity index (χ2n) is 3.81.